The van der Waals surface area contributed by atoms with Crippen LogP contribution in [-0.2, 0) is 17.6 Å². The predicted molar refractivity (Wildman–Crippen MR) is 122 cm³/mol. The van der Waals surface area contributed by atoms with Crippen LogP contribution in [0.5, 0.6) is 0 Å². The highest BCUT2D eigenvalue weighted by molar-refractivity contribution is 7.11. The highest BCUT2D eigenvalue weighted by Gasteiger charge is 2.22. The van der Waals surface area contributed by atoms with E-state index in [-0.39, 0.29) is 12.1 Å². The van der Waals surface area contributed by atoms with Gasteiger partial charge in [0.25, 0.3) is 0 Å². The van der Waals surface area contributed by atoms with E-state index in [1.54, 1.807) is 18.4 Å². The SMILES string of the molecule is CCc1cnc(CCNC(=NC)N(C)CCC(NC(=O)OC(C)(C)C)C(C)C)s1. The Hall–Kier alpha value is -1.83. The Morgan fingerprint density at radius 3 is 2.59 bits per heavy atom. The lowest BCUT2D eigenvalue weighted by Gasteiger charge is -2.28. The second-order valence-corrected chi connectivity index (χ2v) is 9.70. The highest BCUT2D eigenvalue weighted by atomic mass is 32.1. The molecule has 0 aliphatic carbocycles. The molecule has 1 amide bonds. The van der Waals surface area contributed by atoms with Gasteiger partial charge in [-0.3, -0.25) is 4.99 Å². The van der Waals surface area contributed by atoms with E-state index in [4.69, 9.17) is 4.74 Å². The van der Waals surface area contributed by atoms with Crippen LogP contribution in [-0.4, -0.2) is 60.8 Å². The van der Waals surface area contributed by atoms with Crippen molar-refractivity contribution < 1.29 is 9.53 Å². The van der Waals surface area contributed by atoms with Crippen molar-refractivity contribution in [2.75, 3.05) is 27.2 Å². The number of aryl methyl sites for hydroxylation is 1. The van der Waals surface area contributed by atoms with Gasteiger partial charge in [0, 0.05) is 50.7 Å². The summed E-state index contributed by atoms with van der Waals surface area (Å²) in [6, 6.07) is 0.0354. The van der Waals surface area contributed by atoms with Crippen molar-refractivity contribution in [2.45, 2.75) is 72.4 Å². The van der Waals surface area contributed by atoms with Gasteiger partial charge in [-0.2, -0.15) is 0 Å². The number of nitrogens with one attached hydrogen (secondary N) is 2. The number of carbonyl (C=O) groups is 1. The topological polar surface area (TPSA) is 78.9 Å². The number of aliphatic imine (C=N–C) groups is 1. The van der Waals surface area contributed by atoms with Crippen LogP contribution in [0.2, 0.25) is 0 Å². The lowest BCUT2D eigenvalue weighted by molar-refractivity contribution is 0.0486. The second kappa shape index (κ2) is 12.0. The summed E-state index contributed by atoms with van der Waals surface area (Å²) in [5.41, 5.74) is -0.496. The van der Waals surface area contributed by atoms with Crippen molar-refractivity contribution in [1.29, 1.82) is 0 Å². The molecule has 0 radical (unpaired) electrons. The molecule has 0 fully saturated rings. The summed E-state index contributed by atoms with van der Waals surface area (Å²) >= 11 is 1.77. The average Bonchev–Trinajstić information content (AvgIpc) is 3.08. The molecule has 1 heterocycles. The van der Waals surface area contributed by atoms with Crippen molar-refractivity contribution in [1.82, 2.24) is 20.5 Å². The maximum absolute atomic E-state index is 12.1. The molecule has 0 bridgehead atoms. The van der Waals surface area contributed by atoms with E-state index in [0.717, 1.165) is 43.3 Å². The number of hydrogen-bond acceptors (Lipinski definition) is 5. The first kappa shape index (κ1) is 25.2. The summed E-state index contributed by atoms with van der Waals surface area (Å²) in [6.07, 6.45) is 4.32. The Morgan fingerprint density at radius 1 is 1.38 bits per heavy atom. The van der Waals surface area contributed by atoms with E-state index in [0.29, 0.717) is 5.92 Å². The van der Waals surface area contributed by atoms with Gasteiger partial charge in [-0.05, 0) is 39.5 Å². The molecule has 1 unspecified atom stereocenters. The number of rotatable bonds is 9. The second-order valence-electron chi connectivity index (χ2n) is 8.50. The molecule has 1 aromatic heterocycles. The summed E-state index contributed by atoms with van der Waals surface area (Å²) in [4.78, 5) is 24.4. The zero-order valence-electron chi connectivity index (χ0n) is 19.3. The highest BCUT2D eigenvalue weighted by Crippen LogP contribution is 2.13. The minimum Gasteiger partial charge on any atom is -0.444 e. The normalized spacial score (nSPS) is 13.3. The monoisotopic (exact) mass is 425 g/mol. The van der Waals surface area contributed by atoms with Gasteiger partial charge in [-0.15, -0.1) is 11.3 Å². The largest absolute Gasteiger partial charge is 0.444 e. The van der Waals surface area contributed by atoms with Gasteiger partial charge in [0.2, 0.25) is 0 Å². The van der Waals surface area contributed by atoms with Crippen molar-refractivity contribution in [3.05, 3.63) is 16.1 Å². The van der Waals surface area contributed by atoms with Gasteiger partial charge in [0.05, 0.1) is 5.01 Å². The van der Waals surface area contributed by atoms with Crippen molar-refractivity contribution in [2.24, 2.45) is 10.9 Å². The molecule has 2 N–H and O–H groups in total. The lowest BCUT2D eigenvalue weighted by atomic mass is 10.0. The predicted octanol–water partition coefficient (Wildman–Crippen LogP) is 3.69. The van der Waals surface area contributed by atoms with Crippen LogP contribution in [0.4, 0.5) is 4.79 Å². The molecule has 0 aliphatic heterocycles. The smallest absolute Gasteiger partial charge is 0.407 e. The number of guanidine groups is 1. The van der Waals surface area contributed by atoms with Crippen LogP contribution in [0.3, 0.4) is 0 Å². The molecule has 0 spiro atoms. The molecule has 1 atom stereocenters. The fourth-order valence-electron chi connectivity index (χ4n) is 2.76. The molecule has 7 nitrogen and oxygen atoms in total. The molecule has 0 saturated heterocycles. The zero-order valence-corrected chi connectivity index (χ0v) is 20.2. The summed E-state index contributed by atoms with van der Waals surface area (Å²) in [7, 11) is 3.80. The van der Waals surface area contributed by atoms with E-state index in [9.17, 15) is 4.79 Å². The van der Waals surface area contributed by atoms with Crippen LogP contribution in [0, 0.1) is 5.92 Å². The van der Waals surface area contributed by atoms with Crippen LogP contribution in [0.15, 0.2) is 11.2 Å². The molecule has 1 aromatic rings. The third-order valence-corrected chi connectivity index (χ3v) is 5.63. The van der Waals surface area contributed by atoms with E-state index >= 15 is 0 Å². The van der Waals surface area contributed by atoms with Crippen LogP contribution >= 0.6 is 11.3 Å². The zero-order chi connectivity index (χ0) is 22.0. The van der Waals surface area contributed by atoms with Gasteiger partial charge in [-0.25, -0.2) is 9.78 Å². The van der Waals surface area contributed by atoms with E-state index in [1.807, 2.05) is 34.0 Å². The number of amides is 1. The summed E-state index contributed by atoms with van der Waals surface area (Å²) in [6.45, 7) is 13.5. The van der Waals surface area contributed by atoms with E-state index in [1.165, 1.54) is 4.88 Å². The van der Waals surface area contributed by atoms with Crippen molar-refractivity contribution >= 4 is 23.4 Å². The summed E-state index contributed by atoms with van der Waals surface area (Å²) in [5.74, 6) is 1.15. The number of nitrogens with zero attached hydrogens (tertiary/aromatic N) is 3. The number of ether oxygens (including phenoxy) is 1. The number of alkyl carbamates (subject to hydrolysis) is 1. The Morgan fingerprint density at radius 2 is 2.07 bits per heavy atom. The summed E-state index contributed by atoms with van der Waals surface area (Å²) < 4.78 is 5.39. The maximum Gasteiger partial charge on any atom is 0.407 e. The fourth-order valence-corrected chi connectivity index (χ4v) is 3.62. The molecule has 166 valence electrons. The van der Waals surface area contributed by atoms with Gasteiger partial charge in [-0.1, -0.05) is 20.8 Å². The van der Waals surface area contributed by atoms with E-state index < -0.39 is 5.60 Å². The fraction of sp³-hybridized carbons (Fsp3) is 0.762. The Labute approximate surface area is 180 Å². The number of thiazole rings is 1. The Bertz CT molecular complexity index is 652. The lowest BCUT2D eigenvalue weighted by Crippen LogP contribution is -2.45. The van der Waals surface area contributed by atoms with E-state index in [2.05, 4.69) is 46.3 Å². The number of aromatic nitrogens is 1. The Kier molecular flexibility index (Phi) is 10.4. The molecule has 8 heteroatoms. The molecular formula is C21H39N5O2S. The number of carbonyl (C=O) groups excluding carboxylic acids is 1. The third kappa shape index (κ3) is 9.96. The first-order valence-electron chi connectivity index (χ1n) is 10.4. The molecule has 0 saturated carbocycles. The Balaban J connectivity index is 2.48. The molecule has 1 rings (SSSR count). The quantitative estimate of drug-likeness (QED) is 0.466. The first-order chi connectivity index (χ1) is 13.6. The van der Waals surface area contributed by atoms with Gasteiger partial charge in [0.15, 0.2) is 5.96 Å². The van der Waals surface area contributed by atoms with Crippen LogP contribution in [0.1, 0.15) is 57.8 Å². The molecule has 29 heavy (non-hydrogen) atoms. The van der Waals surface area contributed by atoms with Gasteiger partial charge < -0.3 is 20.3 Å². The van der Waals surface area contributed by atoms with Crippen molar-refractivity contribution in [3.8, 4) is 0 Å². The standard InChI is InChI=1S/C21H39N5O2S/c1-9-16-14-24-18(29-16)10-12-23-19(22-7)26(8)13-11-17(15(2)3)25-20(27)28-21(4,5)6/h14-15,17H,9-13H2,1-8H3,(H,22,23)(H,25,27). The molecule has 0 aromatic carbocycles. The van der Waals surface area contributed by atoms with Crippen LogP contribution in [0.25, 0.3) is 0 Å². The molecular weight excluding hydrogens is 386 g/mol. The number of hydrogen-bond donors (Lipinski definition) is 2. The summed E-state index contributed by atoms with van der Waals surface area (Å²) in [5, 5.41) is 7.55. The van der Waals surface area contributed by atoms with Crippen molar-refractivity contribution in [3.63, 3.8) is 0 Å². The third-order valence-electron chi connectivity index (χ3n) is 4.43. The molecule has 0 aliphatic rings. The van der Waals surface area contributed by atoms with Crippen LogP contribution < -0.4 is 10.6 Å². The van der Waals surface area contributed by atoms with Gasteiger partial charge >= 0.3 is 6.09 Å². The van der Waals surface area contributed by atoms with Gasteiger partial charge in [0.1, 0.15) is 5.60 Å². The average molecular weight is 426 g/mol. The minimum absolute atomic E-state index is 0.0354. The first-order valence-corrected chi connectivity index (χ1v) is 11.2. The maximum atomic E-state index is 12.1. The minimum atomic E-state index is -0.496.